The van der Waals surface area contributed by atoms with Crippen LogP contribution in [0, 0.1) is 11.3 Å². The average molecular weight is 272 g/mol. The minimum absolute atomic E-state index is 0.497. The Labute approximate surface area is 121 Å². The van der Waals surface area contributed by atoms with Crippen LogP contribution in [0.1, 0.15) is 44.2 Å². The molecule has 3 nitrogen and oxygen atoms in total. The fourth-order valence-corrected chi connectivity index (χ4v) is 2.75. The van der Waals surface area contributed by atoms with Crippen LogP contribution in [0.15, 0.2) is 18.2 Å². The van der Waals surface area contributed by atoms with Crippen molar-refractivity contribution < 1.29 is 4.74 Å². The molecule has 1 N–H and O–H groups in total. The summed E-state index contributed by atoms with van der Waals surface area (Å²) in [5.41, 5.74) is 2.41. The number of nitrogens with one attached hydrogen (secondary N) is 1. The van der Waals surface area contributed by atoms with Gasteiger partial charge >= 0.3 is 0 Å². The fraction of sp³-hybridized carbons (Fsp3) is 0.588. The maximum atomic E-state index is 9.20. The topological polar surface area (TPSA) is 45.0 Å². The van der Waals surface area contributed by atoms with E-state index in [0.29, 0.717) is 13.0 Å². The van der Waals surface area contributed by atoms with Crippen molar-refractivity contribution in [2.24, 2.45) is 0 Å². The maximum absolute atomic E-state index is 9.20. The van der Waals surface area contributed by atoms with Crippen molar-refractivity contribution in [3.8, 4) is 11.8 Å². The Morgan fingerprint density at radius 3 is 2.75 bits per heavy atom. The average Bonchev–Trinajstić information content (AvgIpc) is 2.47. The Morgan fingerprint density at radius 1 is 1.30 bits per heavy atom. The molecule has 0 aliphatic heterocycles. The zero-order valence-corrected chi connectivity index (χ0v) is 12.5. The van der Waals surface area contributed by atoms with E-state index in [9.17, 15) is 5.26 Å². The predicted octanol–water partition coefficient (Wildman–Crippen LogP) is 3.23. The van der Waals surface area contributed by atoms with E-state index in [2.05, 4.69) is 29.6 Å². The van der Waals surface area contributed by atoms with Gasteiger partial charge in [-0.05, 0) is 62.4 Å². The number of hydrogen-bond acceptors (Lipinski definition) is 3. The largest absolute Gasteiger partial charge is 0.493 e. The minimum atomic E-state index is -0.497. The van der Waals surface area contributed by atoms with Crippen molar-refractivity contribution in [1.82, 2.24) is 5.32 Å². The molecule has 1 aliphatic carbocycles. The third-order valence-electron chi connectivity index (χ3n) is 4.00. The Bertz CT molecular complexity index is 492. The van der Waals surface area contributed by atoms with Gasteiger partial charge in [0.1, 0.15) is 11.3 Å². The quantitative estimate of drug-likeness (QED) is 0.864. The molecule has 0 spiro atoms. The molecule has 1 aromatic rings. The molecule has 1 aromatic carbocycles. The maximum Gasteiger partial charge on any atom is 0.119 e. The van der Waals surface area contributed by atoms with Crippen molar-refractivity contribution in [2.75, 3.05) is 13.2 Å². The van der Waals surface area contributed by atoms with E-state index in [4.69, 9.17) is 4.74 Å². The number of nitriles is 1. The van der Waals surface area contributed by atoms with Gasteiger partial charge in [0.15, 0.2) is 0 Å². The summed E-state index contributed by atoms with van der Waals surface area (Å²) in [5.74, 6) is 0.933. The van der Waals surface area contributed by atoms with Gasteiger partial charge in [-0.2, -0.15) is 5.26 Å². The number of benzene rings is 1. The predicted molar refractivity (Wildman–Crippen MR) is 80.9 cm³/mol. The zero-order chi connectivity index (χ0) is 14.4. The Kier molecular flexibility index (Phi) is 5.03. The van der Waals surface area contributed by atoms with Crippen LogP contribution in [0.5, 0.6) is 5.75 Å². The van der Waals surface area contributed by atoms with Crippen molar-refractivity contribution in [1.29, 1.82) is 5.26 Å². The zero-order valence-electron chi connectivity index (χ0n) is 12.5. The highest BCUT2D eigenvalue weighted by Gasteiger charge is 2.22. The lowest BCUT2D eigenvalue weighted by molar-refractivity contribution is 0.268. The number of fused-ring (bicyclic) bond motifs is 1. The molecule has 0 fully saturated rings. The van der Waals surface area contributed by atoms with Crippen LogP contribution >= 0.6 is 0 Å². The van der Waals surface area contributed by atoms with Gasteiger partial charge in [-0.1, -0.05) is 13.0 Å². The molecule has 0 heterocycles. The summed E-state index contributed by atoms with van der Waals surface area (Å²) in [7, 11) is 0. The second kappa shape index (κ2) is 6.76. The summed E-state index contributed by atoms with van der Waals surface area (Å²) in [5, 5.41) is 12.4. The SMILES string of the molecule is CCNC(C)(C#N)CCOc1ccc2c(c1)CCCC2. The molecule has 0 bridgehead atoms. The van der Waals surface area contributed by atoms with Gasteiger partial charge in [0.2, 0.25) is 0 Å². The van der Waals surface area contributed by atoms with Gasteiger partial charge < -0.3 is 4.74 Å². The minimum Gasteiger partial charge on any atom is -0.493 e. The second-order valence-electron chi connectivity index (χ2n) is 5.71. The van der Waals surface area contributed by atoms with E-state index >= 15 is 0 Å². The second-order valence-corrected chi connectivity index (χ2v) is 5.71. The van der Waals surface area contributed by atoms with E-state index < -0.39 is 5.54 Å². The molecule has 0 saturated carbocycles. The van der Waals surface area contributed by atoms with Crippen molar-refractivity contribution in [2.45, 2.75) is 51.5 Å². The highest BCUT2D eigenvalue weighted by molar-refractivity contribution is 5.37. The normalized spacial score (nSPS) is 16.9. The first-order valence-electron chi connectivity index (χ1n) is 7.58. The molecule has 0 saturated heterocycles. The van der Waals surface area contributed by atoms with Gasteiger partial charge in [0.05, 0.1) is 12.7 Å². The van der Waals surface area contributed by atoms with Gasteiger partial charge in [-0.3, -0.25) is 5.32 Å². The monoisotopic (exact) mass is 272 g/mol. The lowest BCUT2D eigenvalue weighted by Gasteiger charge is -2.22. The van der Waals surface area contributed by atoms with E-state index in [-0.39, 0.29) is 0 Å². The number of rotatable bonds is 6. The molecule has 1 aliphatic rings. The molecule has 3 heteroatoms. The van der Waals surface area contributed by atoms with Crippen LogP contribution in [0.3, 0.4) is 0 Å². The summed E-state index contributed by atoms with van der Waals surface area (Å²) in [4.78, 5) is 0. The van der Waals surface area contributed by atoms with Crippen LogP contribution in [0.4, 0.5) is 0 Å². The van der Waals surface area contributed by atoms with Gasteiger partial charge in [-0.25, -0.2) is 0 Å². The molecule has 1 unspecified atom stereocenters. The van der Waals surface area contributed by atoms with Crippen LogP contribution in [-0.2, 0) is 12.8 Å². The summed E-state index contributed by atoms with van der Waals surface area (Å²) in [6.45, 7) is 5.30. The summed E-state index contributed by atoms with van der Waals surface area (Å²) in [6, 6.07) is 8.75. The Balaban J connectivity index is 1.90. The molecular weight excluding hydrogens is 248 g/mol. The van der Waals surface area contributed by atoms with Crippen molar-refractivity contribution >= 4 is 0 Å². The molecule has 0 amide bonds. The van der Waals surface area contributed by atoms with E-state index in [1.165, 1.54) is 36.8 Å². The molecule has 1 atom stereocenters. The van der Waals surface area contributed by atoms with Gasteiger partial charge in [0, 0.05) is 6.42 Å². The number of hydrogen-bond donors (Lipinski definition) is 1. The molecule has 108 valence electrons. The van der Waals surface area contributed by atoms with Crippen LogP contribution < -0.4 is 10.1 Å². The fourth-order valence-electron chi connectivity index (χ4n) is 2.75. The number of nitrogens with zero attached hydrogens (tertiary/aromatic N) is 1. The molecular formula is C17H24N2O. The van der Waals surface area contributed by atoms with Crippen LogP contribution in [-0.4, -0.2) is 18.7 Å². The van der Waals surface area contributed by atoms with E-state index in [1.54, 1.807) is 0 Å². The van der Waals surface area contributed by atoms with E-state index in [0.717, 1.165) is 12.3 Å². The number of ether oxygens (including phenoxy) is 1. The highest BCUT2D eigenvalue weighted by Crippen LogP contribution is 2.25. The third-order valence-corrected chi connectivity index (χ3v) is 4.00. The molecule has 0 radical (unpaired) electrons. The van der Waals surface area contributed by atoms with Crippen LogP contribution in [0.25, 0.3) is 0 Å². The van der Waals surface area contributed by atoms with Crippen molar-refractivity contribution in [3.63, 3.8) is 0 Å². The van der Waals surface area contributed by atoms with Gasteiger partial charge in [-0.15, -0.1) is 0 Å². The first-order chi connectivity index (χ1) is 9.67. The smallest absolute Gasteiger partial charge is 0.119 e. The molecule has 0 aromatic heterocycles. The highest BCUT2D eigenvalue weighted by atomic mass is 16.5. The third kappa shape index (κ3) is 3.74. The Morgan fingerprint density at radius 2 is 2.05 bits per heavy atom. The summed E-state index contributed by atoms with van der Waals surface area (Å²) < 4.78 is 5.82. The van der Waals surface area contributed by atoms with Gasteiger partial charge in [0.25, 0.3) is 0 Å². The van der Waals surface area contributed by atoms with E-state index in [1.807, 2.05) is 13.8 Å². The number of aryl methyl sites for hydroxylation is 2. The lowest BCUT2D eigenvalue weighted by Crippen LogP contribution is -2.42. The first kappa shape index (κ1) is 14.9. The first-order valence-corrected chi connectivity index (χ1v) is 7.58. The standard InChI is InChI=1S/C17H24N2O/c1-3-19-17(2,13-18)10-11-20-16-9-8-14-6-4-5-7-15(14)12-16/h8-9,12,19H,3-7,10-11H2,1-2H3. The van der Waals surface area contributed by atoms with Crippen molar-refractivity contribution in [3.05, 3.63) is 29.3 Å². The lowest BCUT2D eigenvalue weighted by atomic mass is 9.92. The summed E-state index contributed by atoms with van der Waals surface area (Å²) >= 11 is 0. The van der Waals surface area contributed by atoms with Crippen LogP contribution in [0.2, 0.25) is 0 Å². The Hall–Kier alpha value is -1.53. The summed E-state index contributed by atoms with van der Waals surface area (Å²) in [6.07, 6.45) is 5.64. The molecule has 2 rings (SSSR count). The molecule has 20 heavy (non-hydrogen) atoms.